The van der Waals surface area contributed by atoms with Crippen molar-refractivity contribution in [1.29, 1.82) is 0 Å². The lowest BCUT2D eigenvalue weighted by atomic mass is 9.94. The number of likely N-dealkylation sites (tertiary alicyclic amines) is 1. The topological polar surface area (TPSA) is 3.24 Å². The van der Waals surface area contributed by atoms with E-state index < -0.39 is 0 Å². The molecule has 1 heteroatoms. The van der Waals surface area contributed by atoms with Gasteiger partial charge in [-0.25, -0.2) is 0 Å². The van der Waals surface area contributed by atoms with Crippen molar-refractivity contribution in [3.8, 4) is 0 Å². The zero-order valence-corrected chi connectivity index (χ0v) is 8.96. The molecule has 2 aliphatic rings. The van der Waals surface area contributed by atoms with Gasteiger partial charge in [0.2, 0.25) is 0 Å². The Labute approximate surface area is 76.1 Å². The van der Waals surface area contributed by atoms with Crippen LogP contribution in [0.15, 0.2) is 0 Å². The molecule has 1 saturated carbocycles. The standard InChI is InChI=1S/C11H21N/c1-7(2)10-9-8(6-12(10)5)11(9,3)4/h7-10H,6H2,1-5H3/t8-,9-,10?/m1/s1. The normalized spacial score (nSPS) is 45.0. The summed E-state index contributed by atoms with van der Waals surface area (Å²) in [5.41, 5.74) is 0.654. The van der Waals surface area contributed by atoms with Gasteiger partial charge in [-0.3, -0.25) is 0 Å². The van der Waals surface area contributed by atoms with Gasteiger partial charge in [0.15, 0.2) is 0 Å². The molecule has 1 heterocycles. The maximum absolute atomic E-state index is 2.56. The van der Waals surface area contributed by atoms with Gasteiger partial charge in [0.05, 0.1) is 0 Å². The van der Waals surface area contributed by atoms with Gasteiger partial charge in [0, 0.05) is 12.6 Å². The molecule has 70 valence electrons. The van der Waals surface area contributed by atoms with Crippen LogP contribution in [0.25, 0.3) is 0 Å². The van der Waals surface area contributed by atoms with Gasteiger partial charge in [-0.05, 0) is 30.2 Å². The largest absolute Gasteiger partial charge is 0.303 e. The van der Waals surface area contributed by atoms with Crippen molar-refractivity contribution in [3.05, 3.63) is 0 Å². The van der Waals surface area contributed by atoms with Crippen LogP contribution in [-0.2, 0) is 0 Å². The molecule has 2 rings (SSSR count). The van der Waals surface area contributed by atoms with Crippen LogP contribution in [0.5, 0.6) is 0 Å². The first kappa shape index (κ1) is 8.55. The van der Waals surface area contributed by atoms with Crippen LogP contribution < -0.4 is 0 Å². The molecule has 2 fully saturated rings. The molecule has 0 amide bonds. The van der Waals surface area contributed by atoms with Crippen LogP contribution >= 0.6 is 0 Å². The first-order valence-electron chi connectivity index (χ1n) is 5.16. The maximum atomic E-state index is 2.56. The second-order valence-electron chi connectivity index (χ2n) is 5.63. The van der Waals surface area contributed by atoms with Crippen molar-refractivity contribution in [2.75, 3.05) is 13.6 Å². The van der Waals surface area contributed by atoms with Gasteiger partial charge in [0.25, 0.3) is 0 Å². The molecule has 3 atom stereocenters. The van der Waals surface area contributed by atoms with Gasteiger partial charge in [0.1, 0.15) is 0 Å². The van der Waals surface area contributed by atoms with Crippen molar-refractivity contribution in [3.63, 3.8) is 0 Å². The highest BCUT2D eigenvalue weighted by molar-refractivity contribution is 5.16. The summed E-state index contributed by atoms with van der Waals surface area (Å²) in [4.78, 5) is 2.56. The minimum Gasteiger partial charge on any atom is -0.303 e. The molecule has 1 aliphatic carbocycles. The van der Waals surface area contributed by atoms with Gasteiger partial charge in [-0.1, -0.05) is 27.7 Å². The summed E-state index contributed by atoms with van der Waals surface area (Å²) in [6.07, 6.45) is 0. The van der Waals surface area contributed by atoms with E-state index in [9.17, 15) is 0 Å². The number of hydrogen-bond donors (Lipinski definition) is 0. The predicted octanol–water partition coefficient (Wildman–Crippen LogP) is 2.23. The minimum atomic E-state index is 0.654. The summed E-state index contributed by atoms with van der Waals surface area (Å²) >= 11 is 0. The molecule has 0 N–H and O–H groups in total. The third-order valence-electron chi connectivity index (χ3n) is 4.18. The Hall–Kier alpha value is -0.0400. The smallest absolute Gasteiger partial charge is 0.0152 e. The van der Waals surface area contributed by atoms with Crippen molar-refractivity contribution in [2.24, 2.45) is 23.2 Å². The van der Waals surface area contributed by atoms with Crippen LogP contribution in [0.1, 0.15) is 27.7 Å². The summed E-state index contributed by atoms with van der Waals surface area (Å²) < 4.78 is 0. The second-order valence-corrected chi connectivity index (χ2v) is 5.63. The van der Waals surface area contributed by atoms with Crippen LogP contribution in [-0.4, -0.2) is 24.5 Å². The summed E-state index contributed by atoms with van der Waals surface area (Å²) in [6.45, 7) is 10.9. The van der Waals surface area contributed by atoms with Crippen LogP contribution in [0.2, 0.25) is 0 Å². The summed E-state index contributed by atoms with van der Waals surface area (Å²) in [5.74, 6) is 2.81. The summed E-state index contributed by atoms with van der Waals surface area (Å²) in [7, 11) is 2.28. The lowest BCUT2D eigenvalue weighted by molar-refractivity contribution is 0.176. The Morgan fingerprint density at radius 3 is 2.25 bits per heavy atom. The van der Waals surface area contributed by atoms with Gasteiger partial charge in [-0.15, -0.1) is 0 Å². The highest BCUT2D eigenvalue weighted by atomic mass is 15.2. The quantitative estimate of drug-likeness (QED) is 0.579. The monoisotopic (exact) mass is 167 g/mol. The fourth-order valence-corrected chi connectivity index (χ4v) is 3.44. The van der Waals surface area contributed by atoms with E-state index in [0.29, 0.717) is 5.41 Å². The molecule has 1 unspecified atom stereocenters. The maximum Gasteiger partial charge on any atom is 0.0152 e. The average Bonchev–Trinajstić information content (AvgIpc) is 2.40. The summed E-state index contributed by atoms with van der Waals surface area (Å²) in [5, 5.41) is 0. The Balaban J connectivity index is 2.13. The SMILES string of the molecule is CC(C)C1[C@H]2[C@@H](CN1C)C2(C)C. The fourth-order valence-electron chi connectivity index (χ4n) is 3.44. The molecule has 1 nitrogen and oxygen atoms in total. The number of nitrogens with zero attached hydrogens (tertiary/aromatic N) is 1. The Morgan fingerprint density at radius 2 is 1.92 bits per heavy atom. The van der Waals surface area contributed by atoms with Gasteiger partial charge < -0.3 is 4.90 Å². The van der Waals surface area contributed by atoms with E-state index >= 15 is 0 Å². The molecule has 1 aliphatic heterocycles. The van der Waals surface area contributed by atoms with E-state index in [-0.39, 0.29) is 0 Å². The van der Waals surface area contributed by atoms with Crippen molar-refractivity contribution in [1.82, 2.24) is 4.90 Å². The highest BCUT2D eigenvalue weighted by Gasteiger charge is 2.66. The minimum absolute atomic E-state index is 0.654. The Bertz CT molecular complexity index is 195. The van der Waals surface area contributed by atoms with Crippen molar-refractivity contribution in [2.45, 2.75) is 33.7 Å². The summed E-state index contributed by atoms with van der Waals surface area (Å²) in [6, 6.07) is 0.852. The van der Waals surface area contributed by atoms with Crippen LogP contribution in [0.3, 0.4) is 0 Å². The van der Waals surface area contributed by atoms with Gasteiger partial charge in [-0.2, -0.15) is 0 Å². The van der Waals surface area contributed by atoms with Crippen LogP contribution in [0.4, 0.5) is 0 Å². The molecule has 12 heavy (non-hydrogen) atoms. The van der Waals surface area contributed by atoms with Crippen LogP contribution in [0, 0.1) is 23.2 Å². The molecular formula is C11H21N. The second kappa shape index (κ2) is 2.25. The number of hydrogen-bond acceptors (Lipinski definition) is 1. The van der Waals surface area contributed by atoms with Crippen molar-refractivity contribution < 1.29 is 0 Å². The fraction of sp³-hybridized carbons (Fsp3) is 1.00. The first-order chi connectivity index (χ1) is 5.46. The first-order valence-corrected chi connectivity index (χ1v) is 5.16. The molecular weight excluding hydrogens is 146 g/mol. The lowest BCUT2D eigenvalue weighted by Gasteiger charge is -2.30. The third kappa shape index (κ3) is 0.891. The zero-order valence-electron chi connectivity index (χ0n) is 8.96. The van der Waals surface area contributed by atoms with Crippen molar-refractivity contribution >= 4 is 0 Å². The molecule has 0 spiro atoms. The molecule has 0 radical (unpaired) electrons. The number of rotatable bonds is 1. The number of fused-ring (bicyclic) bond motifs is 1. The average molecular weight is 167 g/mol. The zero-order chi connectivity index (χ0) is 9.09. The van der Waals surface area contributed by atoms with E-state index in [4.69, 9.17) is 0 Å². The van der Waals surface area contributed by atoms with E-state index in [2.05, 4.69) is 39.6 Å². The van der Waals surface area contributed by atoms with E-state index in [1.807, 2.05) is 0 Å². The van der Waals surface area contributed by atoms with E-state index in [1.54, 1.807) is 0 Å². The molecule has 1 saturated heterocycles. The molecule has 0 aromatic rings. The Kier molecular flexibility index (Phi) is 1.61. The number of piperidine rings is 1. The van der Waals surface area contributed by atoms with Gasteiger partial charge >= 0.3 is 0 Å². The molecule has 0 bridgehead atoms. The van der Waals surface area contributed by atoms with E-state index in [1.165, 1.54) is 6.54 Å². The predicted molar refractivity (Wildman–Crippen MR) is 52.0 cm³/mol. The lowest BCUT2D eigenvalue weighted by Crippen LogP contribution is -2.36. The molecule has 0 aromatic heterocycles. The van der Waals surface area contributed by atoms with E-state index in [0.717, 1.165) is 23.8 Å². The Morgan fingerprint density at radius 1 is 1.33 bits per heavy atom. The third-order valence-corrected chi connectivity index (χ3v) is 4.18. The highest BCUT2D eigenvalue weighted by Crippen LogP contribution is 2.65. The molecule has 0 aromatic carbocycles.